The van der Waals surface area contributed by atoms with Crippen molar-refractivity contribution >= 4 is 21.7 Å². The molecule has 0 bridgehead atoms. The van der Waals surface area contributed by atoms with Gasteiger partial charge in [0.2, 0.25) is 10.0 Å². The maximum atomic E-state index is 11.1. The summed E-state index contributed by atoms with van der Waals surface area (Å²) in [5, 5.41) is 2.90. The Bertz CT molecular complexity index is 485. The number of nitrogens with zero attached hydrogens (tertiary/aromatic N) is 1. The van der Waals surface area contributed by atoms with Gasteiger partial charge in [0, 0.05) is 12.2 Å². The second kappa shape index (κ2) is 6.97. The molecule has 0 atom stereocenters. The fourth-order valence-corrected chi connectivity index (χ4v) is 1.79. The number of benzene rings is 1. The molecule has 0 unspecified atom stereocenters. The Morgan fingerprint density at radius 3 is 2.61 bits per heavy atom. The number of anilines is 1. The second-order valence-electron chi connectivity index (χ2n) is 3.56. The topological polar surface area (TPSA) is 96.6 Å². The molecule has 0 aliphatic rings. The normalized spacial score (nSPS) is 12.4. The van der Waals surface area contributed by atoms with Crippen LogP contribution >= 0.6 is 0 Å². The molecule has 7 heteroatoms. The van der Waals surface area contributed by atoms with E-state index in [1.807, 2.05) is 30.3 Å². The van der Waals surface area contributed by atoms with Gasteiger partial charge >= 0.3 is 0 Å². The van der Waals surface area contributed by atoms with E-state index in [1.165, 1.54) is 0 Å². The van der Waals surface area contributed by atoms with E-state index in [0.29, 0.717) is 6.54 Å². The largest absolute Gasteiger partial charge is 0.370 e. The van der Waals surface area contributed by atoms with Crippen LogP contribution in [0.25, 0.3) is 0 Å². The highest BCUT2D eigenvalue weighted by Gasteiger charge is 2.03. The summed E-state index contributed by atoms with van der Waals surface area (Å²) in [6, 6.07) is 9.39. The summed E-state index contributed by atoms with van der Waals surface area (Å²) in [5.41, 5.74) is 6.49. The first-order valence-electron chi connectivity index (χ1n) is 5.63. The first-order valence-corrected chi connectivity index (χ1v) is 7.28. The fourth-order valence-electron chi connectivity index (χ4n) is 1.19. The molecular formula is C11H18N4O2S. The van der Waals surface area contributed by atoms with Crippen LogP contribution in [-0.4, -0.2) is 33.2 Å². The summed E-state index contributed by atoms with van der Waals surface area (Å²) in [7, 11) is -3.16. The first-order chi connectivity index (χ1) is 8.53. The molecule has 0 aliphatic carbocycles. The van der Waals surface area contributed by atoms with Gasteiger partial charge in [-0.1, -0.05) is 18.2 Å². The van der Waals surface area contributed by atoms with Crippen LogP contribution in [0.5, 0.6) is 0 Å². The highest BCUT2D eigenvalue weighted by atomic mass is 32.2. The van der Waals surface area contributed by atoms with Crippen molar-refractivity contribution in [3.05, 3.63) is 30.3 Å². The summed E-state index contributed by atoms with van der Waals surface area (Å²) in [4.78, 5) is 4.01. The van der Waals surface area contributed by atoms with Crippen molar-refractivity contribution < 1.29 is 8.42 Å². The van der Waals surface area contributed by atoms with Crippen molar-refractivity contribution in [3.63, 3.8) is 0 Å². The fraction of sp³-hybridized carbons (Fsp3) is 0.364. The molecule has 1 rings (SSSR count). The summed E-state index contributed by atoms with van der Waals surface area (Å²) in [6.45, 7) is 2.12. The van der Waals surface area contributed by atoms with E-state index in [0.717, 1.165) is 5.69 Å². The van der Waals surface area contributed by atoms with Crippen LogP contribution in [0.3, 0.4) is 0 Å². The van der Waals surface area contributed by atoms with Crippen LogP contribution in [0.1, 0.15) is 6.92 Å². The van der Waals surface area contributed by atoms with E-state index in [9.17, 15) is 8.42 Å². The molecule has 0 radical (unpaired) electrons. The minimum atomic E-state index is -3.16. The average Bonchev–Trinajstić information content (AvgIpc) is 2.36. The van der Waals surface area contributed by atoms with Crippen LogP contribution in [0.4, 0.5) is 5.69 Å². The van der Waals surface area contributed by atoms with Crippen molar-refractivity contribution in [1.29, 1.82) is 0 Å². The Labute approximate surface area is 107 Å². The van der Waals surface area contributed by atoms with Crippen LogP contribution in [0.2, 0.25) is 0 Å². The van der Waals surface area contributed by atoms with Gasteiger partial charge < -0.3 is 11.1 Å². The molecule has 100 valence electrons. The molecule has 4 N–H and O–H groups in total. The zero-order valence-electron chi connectivity index (χ0n) is 10.3. The Morgan fingerprint density at radius 2 is 2.00 bits per heavy atom. The van der Waals surface area contributed by atoms with E-state index < -0.39 is 10.0 Å². The highest BCUT2D eigenvalue weighted by Crippen LogP contribution is 2.03. The molecular weight excluding hydrogens is 252 g/mol. The maximum absolute atomic E-state index is 11.1. The molecule has 6 nitrogen and oxygen atoms in total. The number of sulfonamides is 1. The lowest BCUT2D eigenvalue weighted by Gasteiger charge is -2.05. The highest BCUT2D eigenvalue weighted by molar-refractivity contribution is 7.89. The number of aliphatic imine (C=N–C) groups is 1. The molecule has 1 aromatic carbocycles. The van der Waals surface area contributed by atoms with Gasteiger partial charge in [0.05, 0.1) is 12.3 Å². The zero-order valence-corrected chi connectivity index (χ0v) is 11.1. The quantitative estimate of drug-likeness (QED) is 0.395. The molecule has 0 saturated carbocycles. The van der Waals surface area contributed by atoms with Crippen LogP contribution < -0.4 is 15.8 Å². The van der Waals surface area contributed by atoms with E-state index >= 15 is 0 Å². The van der Waals surface area contributed by atoms with Gasteiger partial charge in [-0.25, -0.2) is 13.1 Å². The lowest BCUT2D eigenvalue weighted by molar-refractivity contribution is 0.583. The smallest absolute Gasteiger partial charge is 0.211 e. The van der Waals surface area contributed by atoms with Crippen LogP contribution in [-0.2, 0) is 10.0 Å². The standard InChI is InChI=1S/C11H18N4O2S/c1-2-18(16,17)14-9-8-13-11(12)15-10-6-4-3-5-7-10/h3-7,14H,2,8-9H2,1H3,(H3,12,13,15). The number of nitrogens with two attached hydrogens (primary N) is 1. The number of hydrogen-bond donors (Lipinski definition) is 3. The third kappa shape index (κ3) is 5.65. The molecule has 0 fully saturated rings. The number of para-hydroxylation sites is 1. The third-order valence-corrected chi connectivity index (χ3v) is 3.55. The SMILES string of the molecule is CCS(=O)(=O)NCCN=C(N)Nc1ccccc1. The van der Waals surface area contributed by atoms with E-state index in [-0.39, 0.29) is 18.3 Å². The van der Waals surface area contributed by atoms with Crippen LogP contribution in [0.15, 0.2) is 35.3 Å². The first kappa shape index (κ1) is 14.5. The molecule has 0 saturated heterocycles. The molecule has 0 spiro atoms. The summed E-state index contributed by atoms with van der Waals surface area (Å²) in [5.74, 6) is 0.325. The van der Waals surface area contributed by atoms with Crippen molar-refractivity contribution in [2.24, 2.45) is 10.7 Å². The molecule has 0 aliphatic heterocycles. The molecule has 0 heterocycles. The van der Waals surface area contributed by atoms with E-state index in [4.69, 9.17) is 5.73 Å². The lowest BCUT2D eigenvalue weighted by atomic mass is 10.3. The van der Waals surface area contributed by atoms with Crippen molar-refractivity contribution in [3.8, 4) is 0 Å². The van der Waals surface area contributed by atoms with Gasteiger partial charge in [0.1, 0.15) is 0 Å². The second-order valence-corrected chi connectivity index (χ2v) is 5.65. The van der Waals surface area contributed by atoms with Crippen molar-refractivity contribution in [2.45, 2.75) is 6.92 Å². The number of guanidine groups is 1. The average molecular weight is 270 g/mol. The molecule has 0 aromatic heterocycles. The zero-order chi connectivity index (χ0) is 13.4. The Balaban J connectivity index is 2.35. The molecule has 18 heavy (non-hydrogen) atoms. The Morgan fingerprint density at radius 1 is 1.33 bits per heavy atom. The van der Waals surface area contributed by atoms with Gasteiger partial charge in [-0.2, -0.15) is 0 Å². The Kier molecular flexibility index (Phi) is 5.60. The van der Waals surface area contributed by atoms with Crippen molar-refractivity contribution in [2.75, 3.05) is 24.2 Å². The van der Waals surface area contributed by atoms with Crippen LogP contribution in [0, 0.1) is 0 Å². The number of hydrogen-bond acceptors (Lipinski definition) is 3. The number of nitrogens with one attached hydrogen (secondary N) is 2. The monoisotopic (exact) mass is 270 g/mol. The summed E-state index contributed by atoms with van der Waals surface area (Å²) < 4.78 is 24.7. The molecule has 0 amide bonds. The third-order valence-electron chi connectivity index (χ3n) is 2.14. The summed E-state index contributed by atoms with van der Waals surface area (Å²) >= 11 is 0. The van der Waals surface area contributed by atoms with Gasteiger partial charge in [0.25, 0.3) is 0 Å². The van der Waals surface area contributed by atoms with Gasteiger partial charge in [-0.15, -0.1) is 0 Å². The lowest BCUT2D eigenvalue weighted by Crippen LogP contribution is -2.29. The summed E-state index contributed by atoms with van der Waals surface area (Å²) in [6.07, 6.45) is 0. The minimum absolute atomic E-state index is 0.0640. The predicted molar refractivity (Wildman–Crippen MR) is 74.0 cm³/mol. The minimum Gasteiger partial charge on any atom is -0.370 e. The predicted octanol–water partition coefficient (Wildman–Crippen LogP) is 0.352. The maximum Gasteiger partial charge on any atom is 0.211 e. The molecule has 1 aromatic rings. The van der Waals surface area contributed by atoms with Gasteiger partial charge in [-0.05, 0) is 19.1 Å². The van der Waals surface area contributed by atoms with Gasteiger partial charge in [0.15, 0.2) is 5.96 Å². The van der Waals surface area contributed by atoms with Gasteiger partial charge in [-0.3, -0.25) is 4.99 Å². The van der Waals surface area contributed by atoms with E-state index in [2.05, 4.69) is 15.0 Å². The number of rotatable bonds is 6. The Hall–Kier alpha value is -1.60. The van der Waals surface area contributed by atoms with E-state index in [1.54, 1.807) is 6.92 Å². The van der Waals surface area contributed by atoms with Crippen molar-refractivity contribution in [1.82, 2.24) is 4.72 Å².